The summed E-state index contributed by atoms with van der Waals surface area (Å²) in [4.78, 5) is 0. The molecule has 3 rings (SSSR count). The minimum Gasteiger partial charge on any atom is -0.0915 e. The molecule has 0 bridgehead atoms. The summed E-state index contributed by atoms with van der Waals surface area (Å²) in [6.45, 7) is 28.2. The van der Waals surface area contributed by atoms with Gasteiger partial charge in [0.15, 0.2) is 0 Å². The second kappa shape index (κ2) is 11.7. The number of rotatable bonds is 9. The van der Waals surface area contributed by atoms with Crippen LogP contribution < -0.4 is 0 Å². The van der Waals surface area contributed by atoms with E-state index in [1.807, 2.05) is 0 Å². The number of hydrogen-bond acceptors (Lipinski definition) is 0. The second-order valence-corrected chi connectivity index (χ2v) is 13.2. The standard InChI is InChI=1S/C36H54/c1-12-14-31-24(4)17-18-25(5)33(31)22-30-19-20-32(30)34(28(8)27(7)23(2)3)21-26(6)35(36(9,10)11)29-15-13-16-29/h17-18,21,23,30,32H,6,12-16,19-20,22H2,1-5,7-11H3. The minimum absolute atomic E-state index is 0.145. The maximum Gasteiger partial charge on any atom is -0.0127 e. The molecule has 0 heteroatoms. The largest absolute Gasteiger partial charge is 0.0915 e. The van der Waals surface area contributed by atoms with Crippen molar-refractivity contribution < 1.29 is 0 Å². The van der Waals surface area contributed by atoms with Crippen molar-refractivity contribution >= 4 is 0 Å². The first-order valence-corrected chi connectivity index (χ1v) is 14.8. The molecule has 2 atom stereocenters. The maximum atomic E-state index is 4.71. The lowest BCUT2D eigenvalue weighted by Crippen LogP contribution is -2.31. The number of allylic oxidation sites excluding steroid dienone is 7. The molecule has 198 valence electrons. The zero-order valence-corrected chi connectivity index (χ0v) is 25.3. The molecule has 0 N–H and O–H groups in total. The second-order valence-electron chi connectivity index (χ2n) is 13.2. The molecule has 1 aromatic rings. The molecule has 2 unspecified atom stereocenters. The van der Waals surface area contributed by atoms with Crippen LogP contribution >= 0.6 is 0 Å². The molecule has 1 aromatic carbocycles. The quantitative estimate of drug-likeness (QED) is 0.304. The molecule has 0 aliphatic heterocycles. The van der Waals surface area contributed by atoms with Gasteiger partial charge in [-0.3, -0.25) is 0 Å². The minimum atomic E-state index is 0.145. The van der Waals surface area contributed by atoms with E-state index < -0.39 is 0 Å². The molecule has 0 aromatic heterocycles. The fraction of sp³-hybridized carbons (Fsp3) is 0.611. The van der Waals surface area contributed by atoms with Crippen LogP contribution in [0.25, 0.3) is 0 Å². The lowest BCUT2D eigenvalue weighted by molar-refractivity contribution is 0.214. The molecule has 0 spiro atoms. The van der Waals surface area contributed by atoms with Crippen LogP contribution in [0.4, 0.5) is 0 Å². The first-order chi connectivity index (χ1) is 16.9. The Balaban J connectivity index is 2.03. The van der Waals surface area contributed by atoms with Gasteiger partial charge in [0, 0.05) is 0 Å². The Morgan fingerprint density at radius 2 is 1.64 bits per heavy atom. The summed E-state index contributed by atoms with van der Waals surface area (Å²) < 4.78 is 0. The molecule has 36 heavy (non-hydrogen) atoms. The Hall–Kier alpha value is -1.82. The van der Waals surface area contributed by atoms with Gasteiger partial charge in [-0.1, -0.05) is 83.9 Å². The highest BCUT2D eigenvalue weighted by molar-refractivity contribution is 5.51. The van der Waals surface area contributed by atoms with Crippen molar-refractivity contribution in [2.24, 2.45) is 23.2 Å². The van der Waals surface area contributed by atoms with Crippen molar-refractivity contribution in [2.45, 2.75) is 121 Å². The molecule has 0 heterocycles. The summed E-state index contributed by atoms with van der Waals surface area (Å²) >= 11 is 0. The first kappa shape index (κ1) is 28.7. The molecule has 2 aliphatic rings. The van der Waals surface area contributed by atoms with Crippen molar-refractivity contribution in [3.8, 4) is 0 Å². The lowest BCUT2D eigenvalue weighted by atomic mass is 9.64. The Kier molecular flexibility index (Phi) is 9.35. The summed E-state index contributed by atoms with van der Waals surface area (Å²) in [6, 6.07) is 4.68. The van der Waals surface area contributed by atoms with Gasteiger partial charge in [0.2, 0.25) is 0 Å². The summed E-state index contributed by atoms with van der Waals surface area (Å²) in [7, 11) is 0. The van der Waals surface area contributed by atoms with E-state index in [1.54, 1.807) is 22.3 Å². The van der Waals surface area contributed by atoms with E-state index in [1.165, 1.54) is 84.8 Å². The van der Waals surface area contributed by atoms with E-state index in [0.29, 0.717) is 11.8 Å². The van der Waals surface area contributed by atoms with Gasteiger partial charge in [0.25, 0.3) is 0 Å². The van der Waals surface area contributed by atoms with Crippen LogP contribution in [0.3, 0.4) is 0 Å². The molecular formula is C36H54. The highest BCUT2D eigenvalue weighted by Crippen LogP contribution is 2.48. The van der Waals surface area contributed by atoms with Gasteiger partial charge in [-0.25, -0.2) is 0 Å². The number of hydrogen-bond donors (Lipinski definition) is 0. The third-order valence-electron chi connectivity index (χ3n) is 9.28. The highest BCUT2D eigenvalue weighted by Gasteiger charge is 2.36. The fourth-order valence-electron chi connectivity index (χ4n) is 6.55. The molecular weight excluding hydrogens is 432 g/mol. The molecule has 0 amide bonds. The predicted octanol–water partition coefficient (Wildman–Crippen LogP) is 10.8. The van der Waals surface area contributed by atoms with E-state index in [0.717, 1.165) is 5.92 Å². The highest BCUT2D eigenvalue weighted by atomic mass is 14.4. The third kappa shape index (κ3) is 6.17. The van der Waals surface area contributed by atoms with Gasteiger partial charge >= 0.3 is 0 Å². The van der Waals surface area contributed by atoms with Crippen LogP contribution in [-0.4, -0.2) is 0 Å². The average Bonchev–Trinajstić information content (AvgIpc) is 2.74. The predicted molar refractivity (Wildman–Crippen MR) is 161 cm³/mol. The first-order valence-electron chi connectivity index (χ1n) is 14.8. The third-order valence-corrected chi connectivity index (χ3v) is 9.28. The molecule has 2 saturated carbocycles. The van der Waals surface area contributed by atoms with Gasteiger partial charge in [0.1, 0.15) is 0 Å². The van der Waals surface area contributed by atoms with E-state index >= 15 is 0 Å². The van der Waals surface area contributed by atoms with Crippen LogP contribution in [0.1, 0.15) is 116 Å². The van der Waals surface area contributed by atoms with Crippen LogP contribution in [0.5, 0.6) is 0 Å². The summed E-state index contributed by atoms with van der Waals surface area (Å²) in [5.41, 5.74) is 15.4. The van der Waals surface area contributed by atoms with E-state index in [4.69, 9.17) is 6.58 Å². The van der Waals surface area contributed by atoms with Gasteiger partial charge in [-0.15, -0.1) is 0 Å². The normalized spacial score (nSPS) is 21.2. The zero-order chi connectivity index (χ0) is 26.8. The van der Waals surface area contributed by atoms with Gasteiger partial charge < -0.3 is 0 Å². The maximum absolute atomic E-state index is 4.71. The molecule has 0 radical (unpaired) electrons. The Labute approximate surface area is 224 Å². The van der Waals surface area contributed by atoms with Gasteiger partial charge in [-0.05, 0) is 140 Å². The summed E-state index contributed by atoms with van der Waals surface area (Å²) in [5.74, 6) is 1.93. The Morgan fingerprint density at radius 3 is 2.08 bits per heavy atom. The SMILES string of the molecule is C=C(C=C(C(C)=C(C)C(C)C)C1CCC1Cc1c(C)ccc(C)c1CCC)C(=C1CCC1)C(C)(C)C. The monoisotopic (exact) mass is 486 g/mol. The molecule has 0 nitrogen and oxygen atoms in total. The molecule has 0 saturated heterocycles. The average molecular weight is 487 g/mol. The van der Waals surface area contributed by atoms with E-state index in [-0.39, 0.29) is 5.41 Å². The van der Waals surface area contributed by atoms with Crippen molar-refractivity contribution in [2.75, 3.05) is 0 Å². The Bertz CT molecular complexity index is 1050. The van der Waals surface area contributed by atoms with Crippen LogP contribution in [-0.2, 0) is 12.8 Å². The van der Waals surface area contributed by atoms with Crippen LogP contribution in [0, 0.1) is 37.0 Å². The lowest BCUT2D eigenvalue weighted by Gasteiger charge is -2.41. The van der Waals surface area contributed by atoms with Crippen molar-refractivity contribution in [1.82, 2.24) is 0 Å². The Morgan fingerprint density at radius 1 is 1.03 bits per heavy atom. The zero-order valence-electron chi connectivity index (χ0n) is 25.3. The van der Waals surface area contributed by atoms with Crippen molar-refractivity contribution in [3.63, 3.8) is 0 Å². The van der Waals surface area contributed by atoms with Crippen LogP contribution in [0.15, 0.2) is 58.2 Å². The topological polar surface area (TPSA) is 0 Å². The fourth-order valence-corrected chi connectivity index (χ4v) is 6.55. The van der Waals surface area contributed by atoms with Gasteiger partial charge in [-0.2, -0.15) is 0 Å². The van der Waals surface area contributed by atoms with E-state index in [2.05, 4.69) is 87.4 Å². The van der Waals surface area contributed by atoms with Crippen LogP contribution in [0.2, 0.25) is 0 Å². The van der Waals surface area contributed by atoms with Gasteiger partial charge in [0.05, 0.1) is 0 Å². The molecule has 2 fully saturated rings. The smallest absolute Gasteiger partial charge is 0.0127 e. The van der Waals surface area contributed by atoms with Crippen molar-refractivity contribution in [1.29, 1.82) is 0 Å². The molecule has 2 aliphatic carbocycles. The summed E-state index contributed by atoms with van der Waals surface area (Å²) in [6.07, 6.45) is 12.7. The summed E-state index contributed by atoms with van der Waals surface area (Å²) in [5, 5.41) is 0. The van der Waals surface area contributed by atoms with E-state index in [9.17, 15) is 0 Å². The van der Waals surface area contributed by atoms with Crippen molar-refractivity contribution in [3.05, 3.63) is 80.5 Å². The number of benzene rings is 1. The number of aryl methyl sites for hydroxylation is 2.